The summed E-state index contributed by atoms with van der Waals surface area (Å²) in [6.45, 7) is 7.49. The molecule has 2 fully saturated rings. The minimum atomic E-state index is 0.220. The standard InChI is InChI=1S/C15H29NO/c1-13-6-8-15(12-17,9-7-13)11-16-10-4-3-5-14(16)2/h13-14,17H,3-12H2,1-2H3. The van der Waals surface area contributed by atoms with E-state index in [1.165, 1.54) is 51.5 Å². The SMILES string of the molecule is CC1CCC(CO)(CN2CCCCC2C)CC1. The van der Waals surface area contributed by atoms with Crippen molar-refractivity contribution in [1.29, 1.82) is 0 Å². The number of hydrogen-bond acceptors (Lipinski definition) is 2. The summed E-state index contributed by atoms with van der Waals surface area (Å²) in [5, 5.41) is 9.82. The average molecular weight is 239 g/mol. The fourth-order valence-electron chi connectivity index (χ4n) is 3.56. The van der Waals surface area contributed by atoms with E-state index in [9.17, 15) is 5.11 Å². The Hall–Kier alpha value is -0.0800. The number of aliphatic hydroxyl groups excluding tert-OH is 1. The first-order chi connectivity index (χ1) is 8.15. The molecule has 0 bridgehead atoms. The van der Waals surface area contributed by atoms with Gasteiger partial charge in [-0.3, -0.25) is 0 Å². The predicted octanol–water partition coefficient (Wildman–Crippen LogP) is 3.05. The highest BCUT2D eigenvalue weighted by Crippen LogP contribution is 2.40. The van der Waals surface area contributed by atoms with Gasteiger partial charge in [0.1, 0.15) is 0 Å². The molecule has 1 N–H and O–H groups in total. The van der Waals surface area contributed by atoms with Crippen LogP contribution in [-0.2, 0) is 0 Å². The molecule has 0 amide bonds. The minimum absolute atomic E-state index is 0.220. The normalized spacial score (nSPS) is 40.4. The summed E-state index contributed by atoms with van der Waals surface area (Å²) in [7, 11) is 0. The van der Waals surface area contributed by atoms with Crippen LogP contribution in [-0.4, -0.2) is 35.7 Å². The van der Waals surface area contributed by atoms with Crippen LogP contribution in [0.15, 0.2) is 0 Å². The third-order valence-electron chi connectivity index (χ3n) is 5.15. The van der Waals surface area contributed by atoms with Crippen LogP contribution in [0.3, 0.4) is 0 Å². The molecule has 0 aromatic heterocycles. The Labute approximate surface area is 106 Å². The molecule has 2 aliphatic rings. The number of nitrogens with zero attached hydrogens (tertiary/aromatic N) is 1. The molecule has 1 unspecified atom stereocenters. The summed E-state index contributed by atoms with van der Waals surface area (Å²) in [6, 6.07) is 0.728. The predicted molar refractivity (Wildman–Crippen MR) is 72.0 cm³/mol. The van der Waals surface area contributed by atoms with E-state index in [1.807, 2.05) is 0 Å². The minimum Gasteiger partial charge on any atom is -0.396 e. The topological polar surface area (TPSA) is 23.5 Å². The van der Waals surface area contributed by atoms with Crippen molar-refractivity contribution >= 4 is 0 Å². The molecule has 1 saturated heterocycles. The quantitative estimate of drug-likeness (QED) is 0.818. The van der Waals surface area contributed by atoms with E-state index >= 15 is 0 Å². The monoisotopic (exact) mass is 239 g/mol. The number of likely N-dealkylation sites (tertiary alicyclic amines) is 1. The van der Waals surface area contributed by atoms with Gasteiger partial charge >= 0.3 is 0 Å². The van der Waals surface area contributed by atoms with Crippen molar-refractivity contribution in [2.24, 2.45) is 11.3 Å². The number of aliphatic hydroxyl groups is 1. The zero-order chi connectivity index (χ0) is 12.3. The van der Waals surface area contributed by atoms with Gasteiger partial charge in [-0.2, -0.15) is 0 Å². The van der Waals surface area contributed by atoms with Gasteiger partial charge in [-0.25, -0.2) is 0 Å². The first kappa shape index (κ1) is 13.4. The highest BCUT2D eigenvalue weighted by Gasteiger charge is 2.36. The molecule has 1 aliphatic heterocycles. The fourth-order valence-corrected chi connectivity index (χ4v) is 3.56. The summed E-state index contributed by atoms with van der Waals surface area (Å²) in [6.07, 6.45) is 9.16. The maximum atomic E-state index is 9.82. The lowest BCUT2D eigenvalue weighted by Gasteiger charge is -2.44. The molecule has 0 aromatic rings. The molecule has 2 rings (SSSR count). The second-order valence-electron chi connectivity index (χ2n) is 6.66. The summed E-state index contributed by atoms with van der Waals surface area (Å²) in [5.41, 5.74) is 0.220. The molecule has 1 saturated carbocycles. The highest BCUT2D eigenvalue weighted by molar-refractivity contribution is 4.89. The lowest BCUT2D eigenvalue weighted by molar-refractivity contribution is 0.00905. The van der Waals surface area contributed by atoms with Crippen LogP contribution in [0.5, 0.6) is 0 Å². The first-order valence-electron chi connectivity index (χ1n) is 7.50. The van der Waals surface area contributed by atoms with Crippen LogP contribution in [0.25, 0.3) is 0 Å². The van der Waals surface area contributed by atoms with Crippen LogP contribution in [0, 0.1) is 11.3 Å². The molecule has 0 spiro atoms. The van der Waals surface area contributed by atoms with Crippen LogP contribution >= 0.6 is 0 Å². The fraction of sp³-hybridized carbons (Fsp3) is 1.00. The van der Waals surface area contributed by atoms with Gasteiger partial charge in [0.15, 0.2) is 0 Å². The van der Waals surface area contributed by atoms with Crippen molar-refractivity contribution in [3.8, 4) is 0 Å². The maximum Gasteiger partial charge on any atom is 0.0499 e. The van der Waals surface area contributed by atoms with Crippen molar-refractivity contribution in [2.45, 2.75) is 64.8 Å². The Balaban J connectivity index is 1.94. The lowest BCUT2D eigenvalue weighted by Crippen LogP contribution is -2.47. The molecule has 17 heavy (non-hydrogen) atoms. The van der Waals surface area contributed by atoms with E-state index in [4.69, 9.17) is 0 Å². The van der Waals surface area contributed by atoms with Crippen molar-refractivity contribution in [2.75, 3.05) is 19.7 Å². The number of piperidine rings is 1. The Morgan fingerprint density at radius 2 is 1.82 bits per heavy atom. The molecule has 1 aliphatic carbocycles. The second kappa shape index (κ2) is 5.71. The molecule has 2 nitrogen and oxygen atoms in total. The molecule has 1 atom stereocenters. The molecule has 2 heteroatoms. The average Bonchev–Trinajstić information content (AvgIpc) is 2.35. The van der Waals surface area contributed by atoms with E-state index in [0.29, 0.717) is 6.61 Å². The van der Waals surface area contributed by atoms with Crippen LogP contribution in [0.2, 0.25) is 0 Å². The van der Waals surface area contributed by atoms with Crippen molar-refractivity contribution in [3.05, 3.63) is 0 Å². The molecule has 1 heterocycles. The highest BCUT2D eigenvalue weighted by atomic mass is 16.3. The van der Waals surface area contributed by atoms with Gasteiger partial charge in [0.25, 0.3) is 0 Å². The maximum absolute atomic E-state index is 9.82. The molecule has 0 aromatic carbocycles. The Bertz CT molecular complexity index is 233. The van der Waals surface area contributed by atoms with Gasteiger partial charge < -0.3 is 10.0 Å². The van der Waals surface area contributed by atoms with E-state index in [1.54, 1.807) is 0 Å². The third-order valence-corrected chi connectivity index (χ3v) is 5.15. The molecular formula is C15H29NO. The molecular weight excluding hydrogens is 210 g/mol. The van der Waals surface area contributed by atoms with Gasteiger partial charge in [0, 0.05) is 24.6 Å². The van der Waals surface area contributed by atoms with Crippen LogP contribution in [0.4, 0.5) is 0 Å². The summed E-state index contributed by atoms with van der Waals surface area (Å²) in [5.74, 6) is 0.869. The van der Waals surface area contributed by atoms with E-state index in [2.05, 4.69) is 18.7 Å². The first-order valence-corrected chi connectivity index (χ1v) is 7.50. The summed E-state index contributed by atoms with van der Waals surface area (Å²) < 4.78 is 0. The summed E-state index contributed by atoms with van der Waals surface area (Å²) in [4.78, 5) is 2.63. The smallest absolute Gasteiger partial charge is 0.0499 e. The van der Waals surface area contributed by atoms with Crippen molar-refractivity contribution < 1.29 is 5.11 Å². The Morgan fingerprint density at radius 1 is 1.12 bits per heavy atom. The van der Waals surface area contributed by atoms with E-state index in [-0.39, 0.29) is 5.41 Å². The third kappa shape index (κ3) is 3.23. The Kier molecular flexibility index (Phi) is 4.48. The van der Waals surface area contributed by atoms with Crippen LogP contribution in [0.1, 0.15) is 58.8 Å². The zero-order valence-electron chi connectivity index (χ0n) is 11.6. The molecule has 0 radical (unpaired) electrons. The molecule has 100 valence electrons. The van der Waals surface area contributed by atoms with Gasteiger partial charge in [0.2, 0.25) is 0 Å². The number of rotatable bonds is 3. The van der Waals surface area contributed by atoms with Gasteiger partial charge in [-0.15, -0.1) is 0 Å². The van der Waals surface area contributed by atoms with Gasteiger partial charge in [-0.05, 0) is 45.1 Å². The van der Waals surface area contributed by atoms with Crippen LogP contribution < -0.4 is 0 Å². The van der Waals surface area contributed by atoms with Gasteiger partial charge in [0.05, 0.1) is 0 Å². The van der Waals surface area contributed by atoms with E-state index in [0.717, 1.165) is 18.5 Å². The van der Waals surface area contributed by atoms with Gasteiger partial charge in [-0.1, -0.05) is 26.2 Å². The Morgan fingerprint density at radius 3 is 2.41 bits per heavy atom. The zero-order valence-corrected chi connectivity index (χ0v) is 11.6. The number of hydrogen-bond donors (Lipinski definition) is 1. The van der Waals surface area contributed by atoms with Crippen molar-refractivity contribution in [1.82, 2.24) is 4.90 Å². The summed E-state index contributed by atoms with van der Waals surface area (Å²) >= 11 is 0. The lowest BCUT2D eigenvalue weighted by atomic mass is 9.70. The van der Waals surface area contributed by atoms with Crippen molar-refractivity contribution in [3.63, 3.8) is 0 Å². The largest absolute Gasteiger partial charge is 0.396 e. The van der Waals surface area contributed by atoms with E-state index < -0.39 is 0 Å². The second-order valence-corrected chi connectivity index (χ2v) is 6.66.